The lowest BCUT2D eigenvalue weighted by Crippen LogP contribution is -2.47. The molecule has 2 N–H and O–H groups in total. The number of amides is 2. The Bertz CT molecular complexity index is 827. The number of aromatic carboxylic acids is 1. The van der Waals surface area contributed by atoms with Crippen LogP contribution in [0.5, 0.6) is 0 Å². The van der Waals surface area contributed by atoms with Crippen LogP contribution in [0.3, 0.4) is 0 Å². The molecule has 0 spiro atoms. The number of fused-ring (bicyclic) bond motifs is 1. The van der Waals surface area contributed by atoms with Gasteiger partial charge in [0.25, 0.3) is 11.8 Å². The van der Waals surface area contributed by atoms with Gasteiger partial charge in [0.1, 0.15) is 0 Å². The standard InChI is InChI=1S/C19H18N2O4/c1-11(13-7-3-6-10-16(13)19(24)25)20-12(2)21-17(22)14-8-4-5-9-15(14)18(21)23/h3-12,20H,1-2H3,(H,24,25). The topological polar surface area (TPSA) is 86.7 Å². The highest BCUT2D eigenvalue weighted by Gasteiger charge is 2.38. The summed E-state index contributed by atoms with van der Waals surface area (Å²) in [6.07, 6.45) is -0.579. The van der Waals surface area contributed by atoms with Crippen molar-refractivity contribution in [1.82, 2.24) is 10.2 Å². The van der Waals surface area contributed by atoms with E-state index in [1.807, 2.05) is 0 Å². The second kappa shape index (κ2) is 6.49. The number of hydrogen-bond acceptors (Lipinski definition) is 4. The number of nitrogens with zero attached hydrogens (tertiary/aromatic N) is 1. The van der Waals surface area contributed by atoms with E-state index in [-0.39, 0.29) is 23.4 Å². The zero-order valence-corrected chi connectivity index (χ0v) is 13.9. The molecule has 3 rings (SSSR count). The quantitative estimate of drug-likeness (QED) is 0.819. The molecule has 6 heteroatoms. The molecule has 2 amide bonds. The van der Waals surface area contributed by atoms with Crippen LogP contribution in [0.1, 0.15) is 56.5 Å². The van der Waals surface area contributed by atoms with Crippen molar-refractivity contribution >= 4 is 17.8 Å². The first-order valence-corrected chi connectivity index (χ1v) is 7.97. The third kappa shape index (κ3) is 2.92. The number of carboxylic acid groups (broad SMARTS) is 1. The van der Waals surface area contributed by atoms with Crippen LogP contribution in [-0.2, 0) is 0 Å². The first-order chi connectivity index (χ1) is 11.9. The molecule has 2 aromatic carbocycles. The molecule has 2 atom stereocenters. The third-order valence-corrected chi connectivity index (χ3v) is 4.36. The van der Waals surface area contributed by atoms with E-state index < -0.39 is 12.1 Å². The summed E-state index contributed by atoms with van der Waals surface area (Å²) in [4.78, 5) is 37.6. The maximum atomic E-state index is 12.5. The predicted molar refractivity (Wildman–Crippen MR) is 91.4 cm³/mol. The van der Waals surface area contributed by atoms with Gasteiger partial charge in [-0.2, -0.15) is 0 Å². The Morgan fingerprint density at radius 1 is 0.960 bits per heavy atom. The van der Waals surface area contributed by atoms with Gasteiger partial charge in [0.2, 0.25) is 0 Å². The van der Waals surface area contributed by atoms with E-state index in [1.165, 1.54) is 11.0 Å². The van der Waals surface area contributed by atoms with E-state index in [0.29, 0.717) is 16.7 Å². The fourth-order valence-corrected chi connectivity index (χ4v) is 3.16. The van der Waals surface area contributed by atoms with Crippen LogP contribution in [-0.4, -0.2) is 34.0 Å². The summed E-state index contributed by atoms with van der Waals surface area (Å²) in [5.74, 6) is -1.71. The number of hydrogen-bond donors (Lipinski definition) is 2. The summed E-state index contributed by atoms with van der Waals surface area (Å²) in [6.45, 7) is 3.51. The van der Waals surface area contributed by atoms with Crippen LogP contribution < -0.4 is 5.32 Å². The van der Waals surface area contributed by atoms with Crippen LogP contribution in [0.15, 0.2) is 48.5 Å². The molecule has 1 heterocycles. The van der Waals surface area contributed by atoms with Gasteiger partial charge < -0.3 is 5.11 Å². The maximum Gasteiger partial charge on any atom is 0.336 e. The van der Waals surface area contributed by atoms with Crippen LogP contribution in [0, 0.1) is 0 Å². The Morgan fingerprint density at radius 3 is 2.04 bits per heavy atom. The summed E-state index contributed by atoms with van der Waals surface area (Å²) in [5, 5.41) is 12.5. The number of carbonyl (C=O) groups is 3. The van der Waals surface area contributed by atoms with Gasteiger partial charge in [-0.05, 0) is 37.6 Å². The Labute approximate surface area is 145 Å². The van der Waals surface area contributed by atoms with Gasteiger partial charge in [0.15, 0.2) is 0 Å². The predicted octanol–water partition coefficient (Wildman–Crippen LogP) is 2.68. The van der Waals surface area contributed by atoms with E-state index >= 15 is 0 Å². The van der Waals surface area contributed by atoms with E-state index in [0.717, 1.165) is 0 Å². The average Bonchev–Trinajstić information content (AvgIpc) is 2.86. The first kappa shape index (κ1) is 16.9. The van der Waals surface area contributed by atoms with Crippen molar-refractivity contribution in [2.45, 2.75) is 26.1 Å². The van der Waals surface area contributed by atoms with Crippen LogP contribution in [0.25, 0.3) is 0 Å². The minimum absolute atomic E-state index is 0.192. The van der Waals surface area contributed by atoms with Crippen LogP contribution in [0.2, 0.25) is 0 Å². The van der Waals surface area contributed by atoms with Crippen molar-refractivity contribution in [3.63, 3.8) is 0 Å². The fraction of sp³-hybridized carbons (Fsp3) is 0.211. The van der Waals surface area contributed by atoms with Crippen molar-refractivity contribution in [3.8, 4) is 0 Å². The Morgan fingerprint density at radius 2 is 1.48 bits per heavy atom. The largest absolute Gasteiger partial charge is 0.478 e. The van der Waals surface area contributed by atoms with Crippen molar-refractivity contribution in [1.29, 1.82) is 0 Å². The summed E-state index contributed by atoms with van der Waals surface area (Å²) < 4.78 is 0. The van der Waals surface area contributed by atoms with E-state index in [4.69, 9.17) is 0 Å². The molecule has 0 aromatic heterocycles. The molecule has 0 aliphatic carbocycles. The highest BCUT2D eigenvalue weighted by molar-refractivity contribution is 6.21. The van der Waals surface area contributed by atoms with Gasteiger partial charge >= 0.3 is 5.97 Å². The second-order valence-electron chi connectivity index (χ2n) is 5.98. The van der Waals surface area contributed by atoms with Gasteiger partial charge in [-0.15, -0.1) is 0 Å². The number of carbonyl (C=O) groups excluding carboxylic acids is 2. The monoisotopic (exact) mass is 338 g/mol. The summed E-state index contributed by atoms with van der Waals surface area (Å²) in [6, 6.07) is 13.0. The molecule has 0 fully saturated rings. The van der Waals surface area contributed by atoms with Crippen LogP contribution >= 0.6 is 0 Å². The van der Waals surface area contributed by atoms with Gasteiger partial charge in [-0.3, -0.25) is 19.8 Å². The Kier molecular flexibility index (Phi) is 4.37. The van der Waals surface area contributed by atoms with Gasteiger partial charge in [-0.25, -0.2) is 4.79 Å². The summed E-state index contributed by atoms with van der Waals surface area (Å²) in [5.41, 5.74) is 1.56. The highest BCUT2D eigenvalue weighted by atomic mass is 16.4. The van der Waals surface area contributed by atoms with E-state index in [1.54, 1.807) is 56.3 Å². The molecule has 0 saturated carbocycles. The molecule has 0 radical (unpaired) electrons. The fourth-order valence-electron chi connectivity index (χ4n) is 3.16. The van der Waals surface area contributed by atoms with Gasteiger partial charge in [0, 0.05) is 6.04 Å². The van der Waals surface area contributed by atoms with E-state index in [2.05, 4.69) is 5.32 Å². The molecule has 25 heavy (non-hydrogen) atoms. The van der Waals surface area contributed by atoms with Crippen molar-refractivity contribution in [2.75, 3.05) is 0 Å². The molecule has 6 nitrogen and oxygen atoms in total. The Hall–Kier alpha value is -2.99. The molecule has 1 aliphatic heterocycles. The second-order valence-corrected chi connectivity index (χ2v) is 5.98. The molecule has 0 bridgehead atoms. The molecule has 2 aromatic rings. The molecule has 128 valence electrons. The zero-order chi connectivity index (χ0) is 18.1. The smallest absolute Gasteiger partial charge is 0.336 e. The lowest BCUT2D eigenvalue weighted by Gasteiger charge is -2.27. The normalized spacial score (nSPS) is 15.8. The lowest BCUT2D eigenvalue weighted by atomic mass is 10.0. The molecule has 2 unspecified atom stereocenters. The minimum atomic E-state index is -1.02. The molecule has 0 saturated heterocycles. The Balaban J connectivity index is 1.82. The highest BCUT2D eigenvalue weighted by Crippen LogP contribution is 2.25. The number of benzene rings is 2. The molecular weight excluding hydrogens is 320 g/mol. The SMILES string of the molecule is CC(NC(C)N1C(=O)c2ccccc2C1=O)c1ccccc1C(=O)O. The first-order valence-electron chi connectivity index (χ1n) is 7.97. The number of imide groups is 1. The van der Waals surface area contributed by atoms with Crippen molar-refractivity contribution in [3.05, 3.63) is 70.8 Å². The average molecular weight is 338 g/mol. The number of carboxylic acids is 1. The third-order valence-electron chi connectivity index (χ3n) is 4.36. The maximum absolute atomic E-state index is 12.5. The van der Waals surface area contributed by atoms with Crippen LogP contribution in [0.4, 0.5) is 0 Å². The molecular formula is C19H18N2O4. The van der Waals surface area contributed by atoms with Gasteiger partial charge in [-0.1, -0.05) is 30.3 Å². The van der Waals surface area contributed by atoms with E-state index in [9.17, 15) is 19.5 Å². The number of nitrogens with one attached hydrogen (secondary N) is 1. The summed E-state index contributed by atoms with van der Waals surface area (Å²) in [7, 11) is 0. The van der Waals surface area contributed by atoms with Gasteiger partial charge in [0.05, 0.1) is 22.9 Å². The zero-order valence-electron chi connectivity index (χ0n) is 13.9. The van der Waals surface area contributed by atoms with Crippen molar-refractivity contribution in [2.24, 2.45) is 0 Å². The summed E-state index contributed by atoms with van der Waals surface area (Å²) >= 11 is 0. The lowest BCUT2D eigenvalue weighted by molar-refractivity contribution is 0.0556. The number of rotatable bonds is 5. The molecule has 1 aliphatic rings. The van der Waals surface area contributed by atoms with Crippen molar-refractivity contribution < 1.29 is 19.5 Å². The minimum Gasteiger partial charge on any atom is -0.478 e.